The van der Waals surface area contributed by atoms with Crippen LogP contribution >= 0.6 is 34.8 Å². The molecule has 1 amide bonds. The summed E-state index contributed by atoms with van der Waals surface area (Å²) in [6, 6.07) is 1.27. The van der Waals surface area contributed by atoms with Crippen LogP contribution in [0.2, 0.25) is 15.2 Å². The lowest BCUT2D eigenvalue weighted by atomic mass is 10.1. The minimum Gasteiger partial charge on any atom is -0.353 e. The Morgan fingerprint density at radius 1 is 1.44 bits per heavy atom. The second-order valence-electron chi connectivity index (χ2n) is 3.97. The predicted molar refractivity (Wildman–Crippen MR) is 73.7 cm³/mol. The zero-order valence-electron chi connectivity index (χ0n) is 9.71. The van der Waals surface area contributed by atoms with Gasteiger partial charge >= 0.3 is 0 Å². The van der Waals surface area contributed by atoms with Crippen molar-refractivity contribution in [1.29, 1.82) is 0 Å². The smallest absolute Gasteiger partial charge is 0.242 e. The maximum atomic E-state index is 11.8. The van der Waals surface area contributed by atoms with Crippen molar-refractivity contribution in [2.75, 3.05) is 18.0 Å². The van der Waals surface area contributed by atoms with E-state index in [9.17, 15) is 4.79 Å². The fourth-order valence-corrected chi connectivity index (χ4v) is 2.61. The van der Waals surface area contributed by atoms with E-state index in [1.165, 1.54) is 0 Å². The van der Waals surface area contributed by atoms with Crippen molar-refractivity contribution in [1.82, 2.24) is 10.3 Å². The molecule has 18 heavy (non-hydrogen) atoms. The number of piperazine rings is 1. The first-order valence-electron chi connectivity index (χ1n) is 5.60. The summed E-state index contributed by atoms with van der Waals surface area (Å²) in [5.41, 5.74) is 0. The molecule has 1 aromatic rings. The molecule has 2 rings (SSSR count). The third kappa shape index (κ3) is 2.51. The van der Waals surface area contributed by atoms with Crippen molar-refractivity contribution in [3.8, 4) is 0 Å². The molecule has 1 aromatic heterocycles. The van der Waals surface area contributed by atoms with Gasteiger partial charge in [0.2, 0.25) is 5.91 Å². The topological polar surface area (TPSA) is 45.2 Å². The predicted octanol–water partition coefficient (Wildman–Crippen LogP) is 2.76. The molecule has 0 aliphatic carbocycles. The zero-order chi connectivity index (χ0) is 13.3. The van der Waals surface area contributed by atoms with Crippen LogP contribution in [-0.4, -0.2) is 30.0 Å². The highest BCUT2D eigenvalue weighted by molar-refractivity contribution is 6.43. The number of hydrogen-bond acceptors (Lipinski definition) is 3. The van der Waals surface area contributed by atoms with Gasteiger partial charge in [0.15, 0.2) is 0 Å². The Morgan fingerprint density at radius 3 is 2.83 bits per heavy atom. The van der Waals surface area contributed by atoms with Gasteiger partial charge in [-0.1, -0.05) is 41.7 Å². The highest BCUT2D eigenvalue weighted by Gasteiger charge is 2.30. The number of anilines is 1. The summed E-state index contributed by atoms with van der Waals surface area (Å²) in [4.78, 5) is 17.8. The number of hydrogen-bond donors (Lipinski definition) is 1. The first-order chi connectivity index (χ1) is 8.54. The monoisotopic (exact) mass is 307 g/mol. The van der Waals surface area contributed by atoms with Crippen LogP contribution in [0.5, 0.6) is 0 Å². The first kappa shape index (κ1) is 13.7. The largest absolute Gasteiger partial charge is 0.353 e. The van der Waals surface area contributed by atoms with E-state index < -0.39 is 0 Å². The number of aromatic nitrogens is 1. The van der Waals surface area contributed by atoms with Crippen LogP contribution in [0.3, 0.4) is 0 Å². The van der Waals surface area contributed by atoms with Gasteiger partial charge in [0, 0.05) is 13.1 Å². The summed E-state index contributed by atoms with van der Waals surface area (Å²) >= 11 is 17.9. The van der Waals surface area contributed by atoms with Gasteiger partial charge in [0.25, 0.3) is 0 Å². The summed E-state index contributed by atoms with van der Waals surface area (Å²) in [5, 5.41) is 3.72. The molecule has 98 valence electrons. The third-order valence-corrected chi connectivity index (χ3v) is 3.81. The fraction of sp³-hybridized carbons (Fsp3) is 0.455. The van der Waals surface area contributed by atoms with Crippen molar-refractivity contribution in [2.24, 2.45) is 0 Å². The van der Waals surface area contributed by atoms with E-state index in [4.69, 9.17) is 34.8 Å². The van der Waals surface area contributed by atoms with Crippen molar-refractivity contribution >= 4 is 46.5 Å². The van der Waals surface area contributed by atoms with E-state index in [0.29, 0.717) is 35.4 Å². The molecular formula is C11H12Cl3N3O. The molecule has 1 aliphatic rings. The lowest BCUT2D eigenvalue weighted by Crippen LogP contribution is -2.55. The second kappa shape index (κ2) is 5.51. The fourth-order valence-electron chi connectivity index (χ4n) is 2.01. The quantitative estimate of drug-likeness (QED) is 0.855. The Labute approximate surface area is 120 Å². The molecule has 0 bridgehead atoms. The molecule has 1 atom stereocenters. The lowest BCUT2D eigenvalue weighted by molar-refractivity contribution is -0.123. The summed E-state index contributed by atoms with van der Waals surface area (Å²) in [6.07, 6.45) is 0.671. The molecule has 0 spiro atoms. The Hall–Kier alpha value is -0.710. The first-order valence-corrected chi connectivity index (χ1v) is 6.74. The summed E-state index contributed by atoms with van der Waals surface area (Å²) < 4.78 is 0. The number of carbonyl (C=O) groups is 1. The highest BCUT2D eigenvalue weighted by atomic mass is 35.5. The Bertz CT molecular complexity index is 481. The van der Waals surface area contributed by atoms with Gasteiger partial charge in [-0.05, 0) is 12.5 Å². The van der Waals surface area contributed by atoms with E-state index >= 15 is 0 Å². The molecule has 1 N–H and O–H groups in total. The summed E-state index contributed by atoms with van der Waals surface area (Å²) in [5.74, 6) is 0.487. The van der Waals surface area contributed by atoms with E-state index in [2.05, 4.69) is 10.3 Å². The van der Waals surface area contributed by atoms with Crippen LogP contribution in [0.25, 0.3) is 0 Å². The van der Waals surface area contributed by atoms with Gasteiger partial charge in [-0.2, -0.15) is 0 Å². The molecule has 7 heteroatoms. The maximum absolute atomic E-state index is 11.8. The van der Waals surface area contributed by atoms with E-state index in [1.807, 2.05) is 11.8 Å². The molecular weight excluding hydrogens is 296 g/mol. The van der Waals surface area contributed by atoms with Gasteiger partial charge in [0.05, 0.1) is 10.0 Å². The van der Waals surface area contributed by atoms with Crippen LogP contribution < -0.4 is 10.2 Å². The average molecular weight is 309 g/mol. The minimum absolute atomic E-state index is 0.0207. The third-order valence-electron chi connectivity index (χ3n) is 2.86. The number of rotatable bonds is 2. The molecule has 1 unspecified atom stereocenters. The normalized spacial score (nSPS) is 19.9. The van der Waals surface area contributed by atoms with Gasteiger partial charge in [-0.3, -0.25) is 4.79 Å². The van der Waals surface area contributed by atoms with Crippen molar-refractivity contribution in [2.45, 2.75) is 19.4 Å². The van der Waals surface area contributed by atoms with Crippen LogP contribution in [0.4, 0.5) is 5.82 Å². The molecule has 2 heterocycles. The van der Waals surface area contributed by atoms with Crippen LogP contribution in [0.1, 0.15) is 13.3 Å². The second-order valence-corrected chi connectivity index (χ2v) is 5.15. The molecule has 4 nitrogen and oxygen atoms in total. The van der Waals surface area contributed by atoms with E-state index in [-0.39, 0.29) is 17.1 Å². The number of pyridine rings is 1. The average Bonchev–Trinajstić information content (AvgIpc) is 2.33. The van der Waals surface area contributed by atoms with Gasteiger partial charge in [-0.15, -0.1) is 0 Å². The van der Waals surface area contributed by atoms with Gasteiger partial charge in [0.1, 0.15) is 17.0 Å². The van der Waals surface area contributed by atoms with Crippen LogP contribution in [-0.2, 0) is 4.79 Å². The summed E-state index contributed by atoms with van der Waals surface area (Å²) in [6.45, 7) is 3.15. The Kier molecular flexibility index (Phi) is 4.20. The SMILES string of the molecule is CCC1C(=O)NCCN1c1nc(Cl)c(Cl)cc1Cl. The van der Waals surface area contributed by atoms with Crippen molar-refractivity contribution < 1.29 is 4.79 Å². The molecule has 1 saturated heterocycles. The van der Waals surface area contributed by atoms with E-state index in [0.717, 1.165) is 0 Å². The van der Waals surface area contributed by atoms with Crippen molar-refractivity contribution in [3.05, 3.63) is 21.3 Å². The Balaban J connectivity index is 2.40. The van der Waals surface area contributed by atoms with Gasteiger partial charge in [-0.25, -0.2) is 4.98 Å². The standard InChI is InChI=1S/C11H12Cl3N3O/c1-2-8-11(18)15-3-4-17(8)10-7(13)5-6(12)9(14)16-10/h5,8H,2-4H2,1H3,(H,15,18). The number of halogens is 3. The molecule has 1 aliphatic heterocycles. The molecule has 0 radical (unpaired) electrons. The number of amides is 1. The lowest BCUT2D eigenvalue weighted by Gasteiger charge is -2.35. The number of nitrogens with one attached hydrogen (secondary N) is 1. The van der Waals surface area contributed by atoms with Crippen LogP contribution in [0, 0.1) is 0 Å². The van der Waals surface area contributed by atoms with Gasteiger partial charge < -0.3 is 10.2 Å². The molecule has 0 saturated carbocycles. The number of nitrogens with zero attached hydrogens (tertiary/aromatic N) is 2. The molecule has 1 fully saturated rings. The zero-order valence-corrected chi connectivity index (χ0v) is 12.0. The van der Waals surface area contributed by atoms with E-state index in [1.54, 1.807) is 6.07 Å². The maximum Gasteiger partial charge on any atom is 0.242 e. The highest BCUT2D eigenvalue weighted by Crippen LogP contribution is 2.32. The number of carbonyl (C=O) groups excluding carboxylic acids is 1. The summed E-state index contributed by atoms with van der Waals surface area (Å²) in [7, 11) is 0. The van der Waals surface area contributed by atoms with Crippen molar-refractivity contribution in [3.63, 3.8) is 0 Å². The molecule has 0 aromatic carbocycles. The Morgan fingerprint density at radius 2 is 2.17 bits per heavy atom. The van der Waals surface area contributed by atoms with Crippen LogP contribution in [0.15, 0.2) is 6.07 Å². The minimum atomic E-state index is -0.277.